The van der Waals surface area contributed by atoms with Crippen molar-refractivity contribution in [2.45, 2.75) is 27.2 Å². The number of carbonyl (C=O) groups is 2. The predicted molar refractivity (Wildman–Crippen MR) is 107 cm³/mol. The SMILES string of the molecule is CC(=NNC(=O)c1ccc(NC(=O)CC(C)C)cc1)c1ccc([N+](=O)[O-])cc1. The Morgan fingerprint density at radius 1 is 1.04 bits per heavy atom. The summed E-state index contributed by atoms with van der Waals surface area (Å²) in [6.45, 7) is 5.62. The molecule has 0 radical (unpaired) electrons. The lowest BCUT2D eigenvalue weighted by Crippen LogP contribution is -2.19. The highest BCUT2D eigenvalue weighted by molar-refractivity contribution is 6.01. The van der Waals surface area contributed by atoms with Gasteiger partial charge in [-0.15, -0.1) is 0 Å². The Kier molecular flexibility index (Phi) is 6.97. The van der Waals surface area contributed by atoms with Crippen LogP contribution in [-0.4, -0.2) is 22.4 Å². The second-order valence-electron chi connectivity index (χ2n) is 6.67. The van der Waals surface area contributed by atoms with Crippen LogP contribution in [0.4, 0.5) is 11.4 Å². The van der Waals surface area contributed by atoms with Gasteiger partial charge in [0.1, 0.15) is 0 Å². The molecule has 0 saturated carbocycles. The van der Waals surface area contributed by atoms with Crippen molar-refractivity contribution in [1.29, 1.82) is 0 Å². The van der Waals surface area contributed by atoms with E-state index in [4.69, 9.17) is 0 Å². The Bertz CT molecular complexity index is 887. The average Bonchev–Trinajstić information content (AvgIpc) is 2.65. The number of anilines is 1. The molecule has 146 valence electrons. The molecule has 0 bridgehead atoms. The molecular weight excluding hydrogens is 360 g/mol. The molecule has 2 amide bonds. The summed E-state index contributed by atoms with van der Waals surface area (Å²) in [5.74, 6) is -0.209. The number of benzene rings is 2. The van der Waals surface area contributed by atoms with Crippen LogP contribution in [0.15, 0.2) is 53.6 Å². The van der Waals surface area contributed by atoms with E-state index in [1.807, 2.05) is 13.8 Å². The maximum atomic E-state index is 12.2. The van der Waals surface area contributed by atoms with Gasteiger partial charge in [-0.25, -0.2) is 5.43 Å². The van der Waals surface area contributed by atoms with Crippen molar-refractivity contribution >= 4 is 28.9 Å². The van der Waals surface area contributed by atoms with Crippen LogP contribution in [0.25, 0.3) is 0 Å². The van der Waals surface area contributed by atoms with Gasteiger partial charge < -0.3 is 5.32 Å². The number of hydrogen-bond donors (Lipinski definition) is 2. The fourth-order valence-electron chi connectivity index (χ4n) is 2.38. The molecular formula is C20H22N4O4. The van der Waals surface area contributed by atoms with Gasteiger partial charge in [0.05, 0.1) is 10.6 Å². The predicted octanol–water partition coefficient (Wildman–Crippen LogP) is 3.73. The van der Waals surface area contributed by atoms with Gasteiger partial charge in [-0.3, -0.25) is 19.7 Å². The summed E-state index contributed by atoms with van der Waals surface area (Å²) < 4.78 is 0. The standard InChI is InChI=1S/C20H22N4O4/c1-13(2)12-19(25)21-17-8-4-16(5-9-17)20(26)23-22-14(3)15-6-10-18(11-7-15)24(27)28/h4-11,13H,12H2,1-3H3,(H,21,25)(H,23,26). The summed E-state index contributed by atoms with van der Waals surface area (Å²) in [4.78, 5) is 34.2. The molecule has 0 spiro atoms. The molecule has 0 fully saturated rings. The highest BCUT2D eigenvalue weighted by Crippen LogP contribution is 2.13. The first-order valence-corrected chi connectivity index (χ1v) is 8.75. The van der Waals surface area contributed by atoms with Crippen molar-refractivity contribution < 1.29 is 14.5 Å². The van der Waals surface area contributed by atoms with E-state index in [-0.39, 0.29) is 17.5 Å². The minimum absolute atomic E-state index is 0.0128. The molecule has 2 aromatic carbocycles. The van der Waals surface area contributed by atoms with Crippen LogP contribution in [0.2, 0.25) is 0 Å². The highest BCUT2D eigenvalue weighted by Gasteiger charge is 2.09. The number of nitro benzene ring substituents is 1. The van der Waals surface area contributed by atoms with Crippen molar-refractivity contribution in [3.05, 3.63) is 69.8 Å². The molecule has 2 aromatic rings. The Morgan fingerprint density at radius 2 is 1.61 bits per heavy atom. The molecule has 0 unspecified atom stereocenters. The number of hydrogen-bond acceptors (Lipinski definition) is 5. The number of nitrogens with one attached hydrogen (secondary N) is 2. The van der Waals surface area contributed by atoms with E-state index in [1.165, 1.54) is 12.1 Å². The maximum Gasteiger partial charge on any atom is 0.271 e. The van der Waals surface area contributed by atoms with Crippen molar-refractivity contribution in [3.8, 4) is 0 Å². The Morgan fingerprint density at radius 3 is 2.14 bits per heavy atom. The summed E-state index contributed by atoms with van der Waals surface area (Å²) >= 11 is 0. The van der Waals surface area contributed by atoms with Gasteiger partial charge in [0.15, 0.2) is 0 Å². The van der Waals surface area contributed by atoms with Crippen LogP contribution < -0.4 is 10.7 Å². The summed E-state index contributed by atoms with van der Waals surface area (Å²) in [7, 11) is 0. The minimum Gasteiger partial charge on any atom is -0.326 e. The first-order chi connectivity index (χ1) is 13.3. The van der Waals surface area contributed by atoms with Crippen molar-refractivity contribution in [1.82, 2.24) is 5.43 Å². The van der Waals surface area contributed by atoms with Crippen LogP contribution in [0.1, 0.15) is 43.1 Å². The summed E-state index contributed by atoms with van der Waals surface area (Å²) in [6, 6.07) is 12.4. The number of amides is 2. The van der Waals surface area contributed by atoms with Crippen molar-refractivity contribution in [3.63, 3.8) is 0 Å². The molecule has 0 aliphatic rings. The normalized spacial score (nSPS) is 11.2. The molecule has 0 saturated heterocycles. The second kappa shape index (κ2) is 9.40. The minimum atomic E-state index is -0.479. The fourth-order valence-corrected chi connectivity index (χ4v) is 2.38. The molecule has 0 heterocycles. The van der Waals surface area contributed by atoms with Gasteiger partial charge in [-0.2, -0.15) is 5.10 Å². The van der Waals surface area contributed by atoms with E-state index in [0.29, 0.717) is 28.9 Å². The third-order valence-corrected chi connectivity index (χ3v) is 3.85. The van der Waals surface area contributed by atoms with Gasteiger partial charge >= 0.3 is 0 Å². The van der Waals surface area contributed by atoms with E-state index in [2.05, 4.69) is 15.8 Å². The van der Waals surface area contributed by atoms with Gasteiger partial charge in [-0.05, 0) is 54.8 Å². The molecule has 0 atom stereocenters. The number of nitro groups is 1. The van der Waals surface area contributed by atoms with Crippen LogP contribution in [-0.2, 0) is 4.79 Å². The smallest absolute Gasteiger partial charge is 0.271 e. The summed E-state index contributed by atoms with van der Waals surface area (Å²) in [5.41, 5.74) is 4.62. The zero-order valence-corrected chi connectivity index (χ0v) is 15.9. The van der Waals surface area contributed by atoms with Crippen LogP contribution in [0, 0.1) is 16.0 Å². The van der Waals surface area contributed by atoms with E-state index in [9.17, 15) is 19.7 Å². The van der Waals surface area contributed by atoms with Gasteiger partial charge in [0.25, 0.3) is 11.6 Å². The molecule has 0 aromatic heterocycles. The first-order valence-electron chi connectivity index (χ1n) is 8.75. The summed E-state index contributed by atoms with van der Waals surface area (Å²) in [6.07, 6.45) is 0.429. The maximum absolute atomic E-state index is 12.2. The van der Waals surface area contributed by atoms with E-state index in [1.54, 1.807) is 43.3 Å². The quantitative estimate of drug-likeness (QED) is 0.431. The molecule has 8 heteroatoms. The molecule has 0 aliphatic carbocycles. The van der Waals surface area contributed by atoms with Crippen LogP contribution in [0.3, 0.4) is 0 Å². The monoisotopic (exact) mass is 382 g/mol. The van der Waals surface area contributed by atoms with E-state index < -0.39 is 10.8 Å². The van der Waals surface area contributed by atoms with E-state index in [0.717, 1.165) is 0 Å². The van der Waals surface area contributed by atoms with Gasteiger partial charge in [0.2, 0.25) is 5.91 Å². The Hall–Kier alpha value is -3.55. The number of non-ortho nitro benzene ring substituents is 1. The van der Waals surface area contributed by atoms with Gasteiger partial charge in [-0.1, -0.05) is 13.8 Å². The average molecular weight is 382 g/mol. The number of rotatable bonds is 7. The zero-order valence-electron chi connectivity index (χ0n) is 15.9. The lowest BCUT2D eigenvalue weighted by Gasteiger charge is -2.08. The molecule has 0 aliphatic heterocycles. The third kappa shape index (κ3) is 6.01. The van der Waals surface area contributed by atoms with Crippen LogP contribution >= 0.6 is 0 Å². The lowest BCUT2D eigenvalue weighted by molar-refractivity contribution is -0.384. The lowest BCUT2D eigenvalue weighted by atomic mass is 10.1. The number of carbonyl (C=O) groups excluding carboxylic acids is 2. The molecule has 2 rings (SSSR count). The van der Waals surface area contributed by atoms with Crippen molar-refractivity contribution in [2.24, 2.45) is 11.0 Å². The number of nitrogens with zero attached hydrogens (tertiary/aromatic N) is 2. The van der Waals surface area contributed by atoms with Crippen LogP contribution in [0.5, 0.6) is 0 Å². The van der Waals surface area contributed by atoms with E-state index >= 15 is 0 Å². The highest BCUT2D eigenvalue weighted by atomic mass is 16.6. The topological polar surface area (TPSA) is 114 Å². The Labute approximate surface area is 162 Å². The first kappa shape index (κ1) is 20.8. The van der Waals surface area contributed by atoms with Gasteiger partial charge in [0, 0.05) is 29.8 Å². The summed E-state index contributed by atoms with van der Waals surface area (Å²) in [5, 5.41) is 17.5. The second-order valence-corrected chi connectivity index (χ2v) is 6.67. The van der Waals surface area contributed by atoms with Crippen molar-refractivity contribution in [2.75, 3.05) is 5.32 Å². The Balaban J connectivity index is 1.97. The largest absolute Gasteiger partial charge is 0.326 e. The number of hydrazone groups is 1. The fraction of sp³-hybridized carbons (Fsp3) is 0.250. The molecule has 8 nitrogen and oxygen atoms in total. The zero-order chi connectivity index (χ0) is 20.7. The third-order valence-electron chi connectivity index (χ3n) is 3.85. The molecule has 2 N–H and O–H groups in total. The molecule has 28 heavy (non-hydrogen) atoms.